The van der Waals surface area contributed by atoms with Gasteiger partial charge in [-0.2, -0.15) is 0 Å². The van der Waals surface area contributed by atoms with Gasteiger partial charge in [-0.15, -0.1) is 13.2 Å². The zero-order valence-electron chi connectivity index (χ0n) is 8.70. The van der Waals surface area contributed by atoms with Crippen LogP contribution in [0.3, 0.4) is 0 Å². The van der Waals surface area contributed by atoms with Crippen molar-refractivity contribution >= 4 is 14.2 Å². The first-order valence-electron chi connectivity index (χ1n) is 4.68. The summed E-state index contributed by atoms with van der Waals surface area (Å²) >= 11 is 0. The molecule has 6 heteroatoms. The van der Waals surface area contributed by atoms with Gasteiger partial charge in [-0.1, -0.05) is 18.1 Å². The number of hydrogen-bond acceptors (Lipinski definition) is 4. The Morgan fingerprint density at radius 2 is 1.69 bits per heavy atom. The Morgan fingerprint density at radius 1 is 1.12 bits per heavy atom. The second kappa shape index (κ2) is 6.05. The van der Waals surface area contributed by atoms with Crippen LogP contribution in [0.4, 0.5) is 0 Å². The van der Waals surface area contributed by atoms with E-state index in [1.54, 1.807) is 24.3 Å². The molecule has 0 aliphatic rings. The normalized spacial score (nSPS) is 9.12. The van der Waals surface area contributed by atoms with Crippen molar-refractivity contribution in [3.8, 4) is 11.5 Å². The SMILES string of the molecule is C=CB([O-])Oc1ccccc1OB(O)C=C. The van der Waals surface area contributed by atoms with E-state index in [-0.39, 0.29) is 11.5 Å². The Bertz CT molecular complexity index is 335. The van der Waals surface area contributed by atoms with Gasteiger partial charge in [0.25, 0.3) is 7.12 Å². The van der Waals surface area contributed by atoms with E-state index in [1.807, 2.05) is 0 Å². The van der Waals surface area contributed by atoms with Crippen LogP contribution in [-0.4, -0.2) is 19.3 Å². The van der Waals surface area contributed by atoms with E-state index < -0.39 is 14.2 Å². The van der Waals surface area contributed by atoms with E-state index in [0.29, 0.717) is 0 Å². The molecule has 1 aromatic rings. The van der Waals surface area contributed by atoms with Gasteiger partial charge in [0.2, 0.25) is 0 Å². The molecular formula is C10H11B2O4-. The molecule has 82 valence electrons. The minimum atomic E-state index is -1.37. The van der Waals surface area contributed by atoms with Gasteiger partial charge in [0, 0.05) is 0 Å². The van der Waals surface area contributed by atoms with E-state index in [2.05, 4.69) is 13.2 Å². The highest BCUT2D eigenvalue weighted by Crippen LogP contribution is 2.26. The number of hydrogen-bond donors (Lipinski definition) is 1. The molecule has 0 saturated carbocycles. The van der Waals surface area contributed by atoms with Crippen molar-refractivity contribution in [1.29, 1.82) is 0 Å². The average molecular weight is 217 g/mol. The third-order valence-electron chi connectivity index (χ3n) is 1.73. The fourth-order valence-electron chi connectivity index (χ4n) is 0.996. The van der Waals surface area contributed by atoms with Crippen LogP contribution in [-0.2, 0) is 0 Å². The Labute approximate surface area is 95.1 Å². The van der Waals surface area contributed by atoms with Crippen LogP contribution in [0.1, 0.15) is 0 Å². The standard InChI is InChI=1S/C10H11B2O4/c1-3-11(13)15-9-7-5-6-8-10(9)16-12(14)4-2/h3-8,13H,1-2H2/q-1. The van der Waals surface area contributed by atoms with Gasteiger partial charge < -0.3 is 19.4 Å². The van der Waals surface area contributed by atoms with Crippen molar-refractivity contribution < 1.29 is 19.4 Å². The molecule has 0 radical (unpaired) electrons. The maximum atomic E-state index is 11.1. The average Bonchev–Trinajstić information content (AvgIpc) is 2.31. The Hall–Kier alpha value is -1.65. The van der Waals surface area contributed by atoms with E-state index >= 15 is 0 Å². The lowest BCUT2D eigenvalue weighted by atomic mass is 9.91. The van der Waals surface area contributed by atoms with Gasteiger partial charge in [0.1, 0.15) is 11.5 Å². The van der Waals surface area contributed by atoms with Gasteiger partial charge >= 0.3 is 7.12 Å². The third-order valence-corrected chi connectivity index (χ3v) is 1.73. The van der Waals surface area contributed by atoms with Crippen molar-refractivity contribution in [2.45, 2.75) is 0 Å². The summed E-state index contributed by atoms with van der Waals surface area (Å²) in [5, 5.41) is 20.3. The molecule has 0 aromatic heterocycles. The highest BCUT2D eigenvalue weighted by Gasteiger charge is 2.13. The molecule has 0 amide bonds. The molecule has 0 spiro atoms. The van der Waals surface area contributed by atoms with Crippen LogP contribution < -0.4 is 14.3 Å². The highest BCUT2D eigenvalue weighted by atomic mass is 16.6. The maximum Gasteiger partial charge on any atom is 0.551 e. The Morgan fingerprint density at radius 3 is 2.19 bits per heavy atom. The fraction of sp³-hybridized carbons (Fsp3) is 0. The van der Waals surface area contributed by atoms with Crippen molar-refractivity contribution in [1.82, 2.24) is 0 Å². The molecule has 0 unspecified atom stereocenters. The molecule has 1 aromatic carbocycles. The van der Waals surface area contributed by atoms with Crippen LogP contribution in [0.25, 0.3) is 0 Å². The lowest BCUT2D eigenvalue weighted by Gasteiger charge is -2.19. The molecule has 4 nitrogen and oxygen atoms in total. The van der Waals surface area contributed by atoms with Crippen LogP contribution in [0, 0.1) is 0 Å². The number of rotatable bonds is 6. The van der Waals surface area contributed by atoms with Gasteiger partial charge in [0.15, 0.2) is 0 Å². The summed E-state index contributed by atoms with van der Waals surface area (Å²) in [6.45, 7) is 6.69. The van der Waals surface area contributed by atoms with Gasteiger partial charge in [-0.3, -0.25) is 0 Å². The van der Waals surface area contributed by atoms with Crippen molar-refractivity contribution in [3.05, 3.63) is 49.4 Å². The largest absolute Gasteiger partial charge is 0.842 e. The highest BCUT2D eigenvalue weighted by molar-refractivity contribution is 6.50. The van der Waals surface area contributed by atoms with Crippen molar-refractivity contribution in [2.24, 2.45) is 0 Å². The quantitative estimate of drug-likeness (QED) is 0.692. The van der Waals surface area contributed by atoms with Gasteiger partial charge in [-0.25, -0.2) is 0 Å². The first kappa shape index (κ1) is 12.4. The molecule has 0 aliphatic heterocycles. The zero-order chi connectivity index (χ0) is 12.0. The molecule has 16 heavy (non-hydrogen) atoms. The summed E-state index contributed by atoms with van der Waals surface area (Å²) in [5.41, 5.74) is 0. The Balaban J connectivity index is 2.82. The molecule has 0 saturated heterocycles. The molecule has 0 fully saturated rings. The van der Waals surface area contributed by atoms with E-state index in [4.69, 9.17) is 9.31 Å². The first-order chi connectivity index (χ1) is 7.67. The second-order valence-electron chi connectivity index (χ2n) is 2.91. The summed E-state index contributed by atoms with van der Waals surface area (Å²) < 4.78 is 10.1. The smallest absolute Gasteiger partial charge is 0.551 e. The minimum Gasteiger partial charge on any atom is -0.842 e. The molecule has 0 heterocycles. The van der Waals surface area contributed by atoms with Crippen molar-refractivity contribution in [3.63, 3.8) is 0 Å². The number of para-hydroxylation sites is 2. The van der Waals surface area contributed by atoms with Crippen molar-refractivity contribution in [2.75, 3.05) is 0 Å². The Kier molecular flexibility index (Phi) is 4.69. The monoisotopic (exact) mass is 217 g/mol. The zero-order valence-corrected chi connectivity index (χ0v) is 8.70. The van der Waals surface area contributed by atoms with E-state index in [0.717, 1.165) is 5.98 Å². The first-order valence-corrected chi connectivity index (χ1v) is 4.68. The summed E-state index contributed by atoms with van der Waals surface area (Å²) in [6.07, 6.45) is 0. The predicted octanol–water partition coefficient (Wildman–Crippen LogP) is 0.224. The predicted molar refractivity (Wildman–Crippen MR) is 61.8 cm³/mol. The summed E-state index contributed by atoms with van der Waals surface area (Å²) in [5.74, 6) is 2.88. The van der Waals surface area contributed by atoms with Crippen LogP contribution >= 0.6 is 0 Å². The molecule has 0 bridgehead atoms. The third kappa shape index (κ3) is 3.49. The topological polar surface area (TPSA) is 61.8 Å². The second-order valence-corrected chi connectivity index (χ2v) is 2.91. The van der Waals surface area contributed by atoms with Crippen LogP contribution in [0.5, 0.6) is 11.5 Å². The summed E-state index contributed by atoms with van der Waals surface area (Å²) in [4.78, 5) is 0. The van der Waals surface area contributed by atoms with Crippen LogP contribution in [0.2, 0.25) is 0 Å². The maximum absolute atomic E-state index is 11.1. The lowest BCUT2D eigenvalue weighted by Crippen LogP contribution is -2.35. The van der Waals surface area contributed by atoms with E-state index in [9.17, 15) is 10.0 Å². The molecule has 0 atom stereocenters. The molecular weight excluding hydrogens is 206 g/mol. The fourth-order valence-corrected chi connectivity index (χ4v) is 0.996. The van der Waals surface area contributed by atoms with Gasteiger partial charge in [-0.05, 0) is 18.1 Å². The van der Waals surface area contributed by atoms with E-state index in [1.165, 1.54) is 5.98 Å². The van der Waals surface area contributed by atoms with Gasteiger partial charge in [0.05, 0.1) is 0 Å². The lowest BCUT2D eigenvalue weighted by molar-refractivity contribution is -0.208. The molecule has 1 rings (SSSR count). The summed E-state index contributed by atoms with van der Waals surface area (Å²) in [7, 11) is -2.51. The molecule has 1 N–H and O–H groups in total. The number of benzene rings is 1. The minimum absolute atomic E-state index is 0.253. The molecule has 0 aliphatic carbocycles. The van der Waals surface area contributed by atoms with Crippen LogP contribution in [0.15, 0.2) is 49.4 Å². The summed E-state index contributed by atoms with van der Waals surface area (Å²) in [6, 6.07) is 6.54.